The van der Waals surface area contributed by atoms with Crippen molar-refractivity contribution in [1.29, 1.82) is 0 Å². The van der Waals surface area contributed by atoms with Crippen molar-refractivity contribution >= 4 is 0 Å². The van der Waals surface area contributed by atoms with Gasteiger partial charge >= 0.3 is 0 Å². The summed E-state index contributed by atoms with van der Waals surface area (Å²) in [6.45, 7) is 3.55. The van der Waals surface area contributed by atoms with Gasteiger partial charge in [-0.1, -0.05) is 42.5 Å². The minimum absolute atomic E-state index is 0.686. The zero-order chi connectivity index (χ0) is 12.8. The molecule has 94 valence electrons. The third-order valence-corrected chi connectivity index (χ3v) is 2.86. The minimum Gasteiger partial charge on any atom is -0.493 e. The summed E-state index contributed by atoms with van der Waals surface area (Å²) in [6.07, 6.45) is 0. The summed E-state index contributed by atoms with van der Waals surface area (Å²) >= 11 is 0. The Morgan fingerprint density at radius 3 is 2.33 bits per heavy atom. The van der Waals surface area contributed by atoms with E-state index >= 15 is 0 Å². The number of hydrogen-bond acceptors (Lipinski definition) is 2. The van der Waals surface area contributed by atoms with Crippen molar-refractivity contribution in [2.75, 3.05) is 13.7 Å². The second kappa shape index (κ2) is 6.22. The quantitative estimate of drug-likeness (QED) is 0.865. The molecule has 0 spiro atoms. The summed E-state index contributed by atoms with van der Waals surface area (Å²) in [5.41, 5.74) is 3.67. The Morgan fingerprint density at radius 2 is 1.61 bits per heavy atom. The van der Waals surface area contributed by atoms with Crippen LogP contribution >= 0.6 is 0 Å². The van der Waals surface area contributed by atoms with Gasteiger partial charge in [-0.25, -0.2) is 0 Å². The molecule has 0 amide bonds. The molecular formula is C16H19NO. The van der Waals surface area contributed by atoms with Crippen LogP contribution in [0.2, 0.25) is 0 Å². The van der Waals surface area contributed by atoms with Crippen LogP contribution in [0, 0.1) is 0 Å². The van der Waals surface area contributed by atoms with Crippen molar-refractivity contribution in [3.05, 3.63) is 54.1 Å². The third-order valence-electron chi connectivity index (χ3n) is 2.86. The smallest absolute Gasteiger partial charge is 0.127 e. The number of benzene rings is 2. The van der Waals surface area contributed by atoms with Crippen LogP contribution in [0.1, 0.15) is 12.5 Å². The Hall–Kier alpha value is -1.80. The first kappa shape index (κ1) is 12.7. The summed E-state index contributed by atoms with van der Waals surface area (Å²) in [5.74, 6) is 0.948. The van der Waals surface area contributed by atoms with Gasteiger partial charge in [0.2, 0.25) is 0 Å². The fourth-order valence-electron chi connectivity index (χ4n) is 2.10. The maximum absolute atomic E-state index is 5.70. The molecule has 2 aromatic carbocycles. The first-order chi connectivity index (χ1) is 8.86. The van der Waals surface area contributed by atoms with Gasteiger partial charge in [0.25, 0.3) is 0 Å². The minimum atomic E-state index is 0.686. The maximum atomic E-state index is 5.70. The van der Waals surface area contributed by atoms with Crippen LogP contribution in [-0.2, 0) is 6.54 Å². The molecule has 0 unspecified atom stereocenters. The molecule has 0 aliphatic rings. The normalized spacial score (nSPS) is 10.3. The monoisotopic (exact) mass is 241 g/mol. The summed E-state index contributed by atoms with van der Waals surface area (Å²) in [5, 5.41) is 3.20. The second-order valence-corrected chi connectivity index (χ2v) is 4.12. The van der Waals surface area contributed by atoms with Gasteiger partial charge in [0.1, 0.15) is 5.75 Å². The molecule has 0 saturated heterocycles. The lowest BCUT2D eigenvalue weighted by Crippen LogP contribution is -2.06. The predicted molar refractivity (Wildman–Crippen MR) is 75.8 cm³/mol. The van der Waals surface area contributed by atoms with Gasteiger partial charge in [-0.05, 0) is 31.2 Å². The Bertz CT molecular complexity index is 460. The molecule has 0 aromatic heterocycles. The van der Waals surface area contributed by atoms with Crippen molar-refractivity contribution < 1.29 is 4.74 Å². The number of para-hydroxylation sites is 1. The summed E-state index contributed by atoms with van der Waals surface area (Å²) in [4.78, 5) is 0. The molecule has 2 rings (SSSR count). The van der Waals surface area contributed by atoms with E-state index < -0.39 is 0 Å². The van der Waals surface area contributed by atoms with Crippen molar-refractivity contribution in [2.45, 2.75) is 13.5 Å². The Kier molecular flexibility index (Phi) is 4.37. The van der Waals surface area contributed by atoms with E-state index in [9.17, 15) is 0 Å². The molecule has 0 bridgehead atoms. The van der Waals surface area contributed by atoms with Gasteiger partial charge < -0.3 is 10.1 Å². The average molecular weight is 241 g/mol. The van der Waals surface area contributed by atoms with E-state index in [-0.39, 0.29) is 0 Å². The van der Waals surface area contributed by atoms with Crippen LogP contribution in [-0.4, -0.2) is 13.7 Å². The highest BCUT2D eigenvalue weighted by atomic mass is 16.5. The maximum Gasteiger partial charge on any atom is 0.127 e. The molecule has 0 aliphatic heterocycles. The van der Waals surface area contributed by atoms with Crippen LogP contribution in [0.15, 0.2) is 48.5 Å². The largest absolute Gasteiger partial charge is 0.493 e. The Balaban J connectivity index is 2.47. The van der Waals surface area contributed by atoms with Crippen LogP contribution < -0.4 is 10.1 Å². The van der Waals surface area contributed by atoms with E-state index in [2.05, 4.69) is 35.6 Å². The summed E-state index contributed by atoms with van der Waals surface area (Å²) in [6, 6.07) is 16.6. The van der Waals surface area contributed by atoms with Gasteiger partial charge in [0.05, 0.1) is 6.61 Å². The van der Waals surface area contributed by atoms with Gasteiger partial charge in [0.15, 0.2) is 0 Å². The van der Waals surface area contributed by atoms with Crippen molar-refractivity contribution in [1.82, 2.24) is 5.32 Å². The van der Waals surface area contributed by atoms with E-state index in [1.807, 2.05) is 32.2 Å². The number of hydrogen-bond donors (Lipinski definition) is 1. The van der Waals surface area contributed by atoms with Crippen molar-refractivity contribution in [2.24, 2.45) is 0 Å². The van der Waals surface area contributed by atoms with Gasteiger partial charge in [-0.3, -0.25) is 0 Å². The van der Waals surface area contributed by atoms with Gasteiger partial charge in [-0.15, -0.1) is 0 Å². The highest BCUT2D eigenvalue weighted by molar-refractivity contribution is 5.73. The first-order valence-corrected chi connectivity index (χ1v) is 6.31. The van der Waals surface area contributed by atoms with Crippen LogP contribution in [0.25, 0.3) is 11.1 Å². The number of nitrogens with one attached hydrogen (secondary N) is 1. The molecule has 1 N–H and O–H groups in total. The Morgan fingerprint density at radius 1 is 0.944 bits per heavy atom. The molecule has 0 atom stereocenters. The average Bonchev–Trinajstić information content (AvgIpc) is 2.41. The van der Waals surface area contributed by atoms with Crippen LogP contribution in [0.4, 0.5) is 0 Å². The van der Waals surface area contributed by atoms with E-state index in [4.69, 9.17) is 4.74 Å². The molecule has 0 radical (unpaired) electrons. The second-order valence-electron chi connectivity index (χ2n) is 4.12. The lowest BCUT2D eigenvalue weighted by molar-refractivity contribution is 0.341. The topological polar surface area (TPSA) is 21.3 Å². The predicted octanol–water partition coefficient (Wildman–Crippen LogP) is 3.47. The number of rotatable bonds is 5. The third kappa shape index (κ3) is 2.71. The first-order valence-electron chi connectivity index (χ1n) is 6.31. The van der Waals surface area contributed by atoms with Crippen molar-refractivity contribution in [3.8, 4) is 16.9 Å². The Labute approximate surface area is 109 Å². The molecule has 0 saturated carbocycles. The van der Waals surface area contributed by atoms with E-state index in [0.29, 0.717) is 6.61 Å². The molecule has 18 heavy (non-hydrogen) atoms. The standard InChI is InChI=1S/C16H19NO/c1-3-18-16-11-7-6-10-15(16)14-9-5-4-8-13(14)12-17-2/h4-11,17H,3,12H2,1-2H3. The lowest BCUT2D eigenvalue weighted by atomic mass is 9.99. The van der Waals surface area contributed by atoms with Gasteiger partial charge in [0, 0.05) is 12.1 Å². The zero-order valence-corrected chi connectivity index (χ0v) is 10.9. The molecule has 2 nitrogen and oxygen atoms in total. The fourth-order valence-corrected chi connectivity index (χ4v) is 2.10. The SMILES string of the molecule is CCOc1ccccc1-c1ccccc1CNC. The zero-order valence-electron chi connectivity index (χ0n) is 10.9. The highest BCUT2D eigenvalue weighted by Gasteiger charge is 2.08. The highest BCUT2D eigenvalue weighted by Crippen LogP contribution is 2.32. The molecule has 0 fully saturated rings. The lowest BCUT2D eigenvalue weighted by Gasteiger charge is -2.13. The molecule has 2 aromatic rings. The molecule has 0 heterocycles. The van der Waals surface area contributed by atoms with E-state index in [1.165, 1.54) is 11.1 Å². The van der Waals surface area contributed by atoms with E-state index in [0.717, 1.165) is 17.9 Å². The molecule has 2 heteroatoms. The molecular weight excluding hydrogens is 222 g/mol. The van der Waals surface area contributed by atoms with Crippen LogP contribution in [0.3, 0.4) is 0 Å². The van der Waals surface area contributed by atoms with Gasteiger partial charge in [-0.2, -0.15) is 0 Å². The summed E-state index contributed by atoms with van der Waals surface area (Å²) < 4.78 is 5.70. The summed E-state index contributed by atoms with van der Waals surface area (Å²) in [7, 11) is 1.96. The van der Waals surface area contributed by atoms with E-state index in [1.54, 1.807) is 0 Å². The fraction of sp³-hybridized carbons (Fsp3) is 0.250. The van der Waals surface area contributed by atoms with Crippen LogP contribution in [0.5, 0.6) is 5.75 Å². The van der Waals surface area contributed by atoms with Crippen molar-refractivity contribution in [3.63, 3.8) is 0 Å². The number of ether oxygens (including phenoxy) is 1. The molecule has 0 aliphatic carbocycles.